The lowest BCUT2D eigenvalue weighted by molar-refractivity contribution is -0.135. The smallest absolute Gasteiger partial charge is 0.325 e. The summed E-state index contributed by atoms with van der Waals surface area (Å²) >= 11 is 0. The fourth-order valence-corrected chi connectivity index (χ4v) is 3.89. The number of nitrogens with one attached hydrogen (secondary N) is 2. The number of hydrogen-bond donors (Lipinski definition) is 2. The number of hydrogen-bond acceptors (Lipinski definition) is 4. The minimum absolute atomic E-state index is 0.317. The molecule has 2 heterocycles. The van der Waals surface area contributed by atoms with Crippen molar-refractivity contribution in [2.75, 3.05) is 13.1 Å². The van der Waals surface area contributed by atoms with E-state index in [4.69, 9.17) is 0 Å². The second-order valence-corrected chi connectivity index (χ2v) is 7.68. The van der Waals surface area contributed by atoms with Gasteiger partial charge in [-0.15, -0.1) is 0 Å². The van der Waals surface area contributed by atoms with Crippen LogP contribution in [0.5, 0.6) is 0 Å². The van der Waals surface area contributed by atoms with Gasteiger partial charge in [-0.25, -0.2) is 9.48 Å². The molecule has 8 heteroatoms. The number of amides is 4. The van der Waals surface area contributed by atoms with Gasteiger partial charge in [0.15, 0.2) is 0 Å². The number of carbonyl (C=O) groups is 3. The summed E-state index contributed by atoms with van der Waals surface area (Å²) in [6, 6.07) is 18.3. The van der Waals surface area contributed by atoms with E-state index >= 15 is 0 Å². The molecule has 0 saturated carbocycles. The van der Waals surface area contributed by atoms with E-state index in [-0.39, 0.29) is 12.5 Å². The molecule has 4 rings (SSSR count). The zero-order valence-corrected chi connectivity index (χ0v) is 17.8. The van der Waals surface area contributed by atoms with E-state index in [0.29, 0.717) is 24.9 Å². The normalized spacial score (nSPS) is 18.0. The summed E-state index contributed by atoms with van der Waals surface area (Å²) in [5.41, 5.74) is 1.50. The average molecular weight is 431 g/mol. The van der Waals surface area contributed by atoms with Crippen LogP contribution in [-0.4, -0.2) is 45.6 Å². The van der Waals surface area contributed by atoms with E-state index in [1.807, 2.05) is 61.7 Å². The van der Waals surface area contributed by atoms with Gasteiger partial charge in [0.25, 0.3) is 5.91 Å². The van der Waals surface area contributed by atoms with Gasteiger partial charge < -0.3 is 10.6 Å². The molecule has 164 valence electrons. The Balaban J connectivity index is 1.33. The molecule has 4 amide bonds. The van der Waals surface area contributed by atoms with Crippen molar-refractivity contribution in [2.45, 2.75) is 25.3 Å². The summed E-state index contributed by atoms with van der Waals surface area (Å²) in [5, 5.41) is 9.91. The quantitative estimate of drug-likeness (QED) is 0.535. The van der Waals surface area contributed by atoms with E-state index in [1.165, 1.54) is 0 Å². The summed E-state index contributed by atoms with van der Waals surface area (Å²) in [6.45, 7) is 1.90. The SMILES string of the molecule is CCC1(c2ccccc2)NC(=O)N(CC(=O)NCCc2cnn(-c3ccccc3)c2)C1=O. The van der Waals surface area contributed by atoms with Gasteiger partial charge in [-0.3, -0.25) is 14.5 Å². The van der Waals surface area contributed by atoms with Crippen molar-refractivity contribution in [2.24, 2.45) is 0 Å². The topological polar surface area (TPSA) is 96.3 Å². The van der Waals surface area contributed by atoms with Crippen LogP contribution in [0.25, 0.3) is 5.69 Å². The summed E-state index contributed by atoms with van der Waals surface area (Å²) < 4.78 is 1.78. The van der Waals surface area contributed by atoms with Crippen LogP contribution in [0.4, 0.5) is 4.79 Å². The van der Waals surface area contributed by atoms with Crippen LogP contribution >= 0.6 is 0 Å². The highest BCUT2D eigenvalue weighted by Gasteiger charge is 2.51. The van der Waals surface area contributed by atoms with Gasteiger partial charge in [0.05, 0.1) is 11.9 Å². The lowest BCUT2D eigenvalue weighted by Crippen LogP contribution is -2.45. The summed E-state index contributed by atoms with van der Waals surface area (Å²) in [5.74, 6) is -0.792. The fraction of sp³-hybridized carbons (Fsp3) is 0.250. The third kappa shape index (κ3) is 4.12. The van der Waals surface area contributed by atoms with Gasteiger partial charge >= 0.3 is 6.03 Å². The summed E-state index contributed by atoms with van der Waals surface area (Å²) in [6.07, 6.45) is 4.65. The van der Waals surface area contributed by atoms with Crippen molar-refractivity contribution in [3.05, 3.63) is 84.2 Å². The first kappa shape index (κ1) is 21.3. The number of urea groups is 1. The minimum Gasteiger partial charge on any atom is -0.354 e. The Morgan fingerprint density at radius 1 is 1.06 bits per heavy atom. The van der Waals surface area contributed by atoms with Gasteiger partial charge in [0.1, 0.15) is 12.1 Å². The largest absolute Gasteiger partial charge is 0.354 e. The van der Waals surface area contributed by atoms with Crippen LogP contribution in [0, 0.1) is 0 Å². The molecule has 0 radical (unpaired) electrons. The molecule has 32 heavy (non-hydrogen) atoms. The van der Waals surface area contributed by atoms with Crippen molar-refractivity contribution in [3.63, 3.8) is 0 Å². The third-order valence-electron chi connectivity index (χ3n) is 5.67. The first-order valence-electron chi connectivity index (χ1n) is 10.6. The van der Waals surface area contributed by atoms with E-state index in [9.17, 15) is 14.4 Å². The van der Waals surface area contributed by atoms with Gasteiger partial charge in [0.2, 0.25) is 5.91 Å². The molecule has 1 saturated heterocycles. The predicted octanol–water partition coefficient (Wildman–Crippen LogP) is 2.39. The number of carbonyl (C=O) groups excluding carboxylic acids is 3. The van der Waals surface area contributed by atoms with E-state index in [0.717, 1.165) is 16.2 Å². The van der Waals surface area contributed by atoms with Gasteiger partial charge in [-0.1, -0.05) is 55.5 Å². The number of nitrogens with zero attached hydrogens (tertiary/aromatic N) is 3. The van der Waals surface area contributed by atoms with Crippen LogP contribution in [0.1, 0.15) is 24.5 Å². The molecule has 1 unspecified atom stereocenters. The van der Waals surface area contributed by atoms with Crippen LogP contribution < -0.4 is 10.6 Å². The molecule has 3 aromatic rings. The van der Waals surface area contributed by atoms with Crippen molar-refractivity contribution in [1.29, 1.82) is 0 Å². The highest BCUT2D eigenvalue weighted by atomic mass is 16.2. The molecule has 2 N–H and O–H groups in total. The molecule has 1 aliphatic rings. The molecule has 1 aromatic heterocycles. The number of imide groups is 1. The Morgan fingerprint density at radius 3 is 2.44 bits per heavy atom. The Hall–Kier alpha value is -3.94. The molecular formula is C24H25N5O3. The second kappa shape index (κ2) is 9.05. The Morgan fingerprint density at radius 2 is 1.75 bits per heavy atom. The molecule has 0 aliphatic carbocycles. The fourth-order valence-electron chi connectivity index (χ4n) is 3.89. The second-order valence-electron chi connectivity index (χ2n) is 7.68. The van der Waals surface area contributed by atoms with E-state index < -0.39 is 17.5 Å². The maximum atomic E-state index is 13.1. The van der Waals surface area contributed by atoms with Crippen molar-refractivity contribution < 1.29 is 14.4 Å². The monoisotopic (exact) mass is 431 g/mol. The zero-order valence-electron chi connectivity index (χ0n) is 17.8. The number of rotatable bonds is 8. The molecule has 2 aromatic carbocycles. The molecular weight excluding hydrogens is 406 g/mol. The highest BCUT2D eigenvalue weighted by Crippen LogP contribution is 2.32. The number of aromatic nitrogens is 2. The van der Waals surface area contributed by atoms with E-state index in [1.54, 1.807) is 23.0 Å². The minimum atomic E-state index is -1.13. The Kier molecular flexibility index (Phi) is 6.02. The predicted molar refractivity (Wildman–Crippen MR) is 119 cm³/mol. The van der Waals surface area contributed by atoms with Crippen molar-refractivity contribution in [3.8, 4) is 5.69 Å². The van der Waals surface area contributed by atoms with E-state index in [2.05, 4.69) is 15.7 Å². The van der Waals surface area contributed by atoms with Gasteiger partial charge in [0, 0.05) is 12.7 Å². The van der Waals surface area contributed by atoms with Crippen LogP contribution in [-0.2, 0) is 21.5 Å². The van der Waals surface area contributed by atoms with Gasteiger partial charge in [-0.05, 0) is 36.1 Å². The molecule has 0 bridgehead atoms. The van der Waals surface area contributed by atoms with Crippen LogP contribution in [0.3, 0.4) is 0 Å². The van der Waals surface area contributed by atoms with Crippen LogP contribution in [0.15, 0.2) is 73.1 Å². The van der Waals surface area contributed by atoms with Crippen molar-refractivity contribution >= 4 is 17.8 Å². The van der Waals surface area contributed by atoms with Gasteiger partial charge in [-0.2, -0.15) is 5.10 Å². The maximum absolute atomic E-state index is 13.1. The van der Waals surface area contributed by atoms with Crippen LogP contribution in [0.2, 0.25) is 0 Å². The lowest BCUT2D eigenvalue weighted by Gasteiger charge is -2.25. The standard InChI is InChI=1S/C24H25N5O3/c1-2-24(19-9-5-3-6-10-19)22(31)28(23(32)27-24)17-21(30)25-14-13-18-15-26-29(16-18)20-11-7-4-8-12-20/h3-12,15-16H,2,13-14,17H2,1H3,(H,25,30)(H,27,32). The highest BCUT2D eigenvalue weighted by molar-refractivity contribution is 6.09. The number of benzene rings is 2. The first-order chi connectivity index (χ1) is 15.5. The Labute approximate surface area is 186 Å². The first-order valence-corrected chi connectivity index (χ1v) is 10.6. The Bertz CT molecular complexity index is 1110. The average Bonchev–Trinajstić information content (AvgIpc) is 3.39. The zero-order chi connectivity index (χ0) is 22.6. The third-order valence-corrected chi connectivity index (χ3v) is 5.67. The maximum Gasteiger partial charge on any atom is 0.325 e. The molecule has 1 fully saturated rings. The molecule has 1 atom stereocenters. The number of para-hydroxylation sites is 1. The lowest BCUT2D eigenvalue weighted by atomic mass is 9.87. The summed E-state index contributed by atoms with van der Waals surface area (Å²) in [7, 11) is 0. The summed E-state index contributed by atoms with van der Waals surface area (Å²) in [4.78, 5) is 39.0. The molecule has 0 spiro atoms. The molecule has 8 nitrogen and oxygen atoms in total. The van der Waals surface area contributed by atoms with Crippen molar-refractivity contribution in [1.82, 2.24) is 25.3 Å². The molecule has 1 aliphatic heterocycles.